The lowest BCUT2D eigenvalue weighted by Crippen LogP contribution is -2.41. The SMILES string of the molecule is CCCCCCCCCCCCCC=CC(CC(=O)N(CC(C)O)CC(C)O)C(=O)O. The van der Waals surface area contributed by atoms with Crippen LogP contribution in [0.15, 0.2) is 12.2 Å². The third-order valence-electron chi connectivity index (χ3n) is 5.38. The van der Waals surface area contributed by atoms with Gasteiger partial charge in [-0.3, -0.25) is 9.59 Å². The number of carboxylic acid groups (broad SMARTS) is 1. The van der Waals surface area contributed by atoms with E-state index in [1.807, 2.05) is 6.08 Å². The molecule has 1 amide bonds. The molecular formula is C25H47NO5. The molecule has 3 unspecified atom stereocenters. The number of aliphatic hydroxyl groups excluding tert-OH is 2. The first-order valence-electron chi connectivity index (χ1n) is 12.3. The van der Waals surface area contributed by atoms with E-state index in [9.17, 15) is 24.9 Å². The second kappa shape index (κ2) is 19.3. The summed E-state index contributed by atoms with van der Waals surface area (Å²) in [6, 6.07) is 0. The molecule has 0 rings (SSSR count). The summed E-state index contributed by atoms with van der Waals surface area (Å²) < 4.78 is 0. The smallest absolute Gasteiger partial charge is 0.310 e. The number of unbranched alkanes of at least 4 members (excludes halogenated alkanes) is 11. The van der Waals surface area contributed by atoms with Gasteiger partial charge in [-0.25, -0.2) is 0 Å². The van der Waals surface area contributed by atoms with Crippen molar-refractivity contribution in [3.8, 4) is 0 Å². The van der Waals surface area contributed by atoms with Gasteiger partial charge in [-0.1, -0.05) is 83.3 Å². The second-order valence-electron chi connectivity index (χ2n) is 8.90. The highest BCUT2D eigenvalue weighted by Gasteiger charge is 2.24. The van der Waals surface area contributed by atoms with Crippen molar-refractivity contribution in [2.45, 2.75) is 116 Å². The van der Waals surface area contributed by atoms with E-state index in [2.05, 4.69) is 6.92 Å². The molecule has 3 N–H and O–H groups in total. The lowest BCUT2D eigenvalue weighted by Gasteiger charge is -2.26. The zero-order valence-corrected chi connectivity index (χ0v) is 20.1. The van der Waals surface area contributed by atoms with Crippen LogP contribution in [-0.2, 0) is 9.59 Å². The van der Waals surface area contributed by atoms with Gasteiger partial charge in [0.1, 0.15) is 0 Å². The minimum absolute atomic E-state index is 0.0819. The van der Waals surface area contributed by atoms with Crippen LogP contribution in [0.1, 0.15) is 104 Å². The quantitative estimate of drug-likeness (QED) is 0.184. The largest absolute Gasteiger partial charge is 0.481 e. The Hall–Kier alpha value is -1.40. The van der Waals surface area contributed by atoms with Gasteiger partial charge in [0.15, 0.2) is 0 Å². The number of rotatable bonds is 20. The van der Waals surface area contributed by atoms with Crippen LogP contribution in [0.4, 0.5) is 0 Å². The molecule has 0 saturated carbocycles. The summed E-state index contributed by atoms with van der Waals surface area (Å²) in [6.07, 6.45) is 16.7. The van der Waals surface area contributed by atoms with Crippen LogP contribution in [-0.4, -0.2) is 57.4 Å². The van der Waals surface area contributed by atoms with Gasteiger partial charge in [0.2, 0.25) is 5.91 Å². The summed E-state index contributed by atoms with van der Waals surface area (Å²) >= 11 is 0. The standard InChI is InChI=1S/C25H47NO5/c1-4-5-6-7-8-9-10-11-12-13-14-15-16-17-23(25(30)31)18-24(29)26(19-21(2)27)20-22(3)28/h16-17,21-23,27-28H,4-15,18-20H2,1-3H3,(H,30,31). The van der Waals surface area contributed by atoms with Crippen molar-refractivity contribution >= 4 is 11.9 Å². The Labute approximate surface area is 189 Å². The molecule has 0 aliphatic carbocycles. The maximum Gasteiger partial charge on any atom is 0.310 e. The topological polar surface area (TPSA) is 98.1 Å². The lowest BCUT2D eigenvalue weighted by atomic mass is 10.0. The van der Waals surface area contributed by atoms with Crippen molar-refractivity contribution < 1.29 is 24.9 Å². The van der Waals surface area contributed by atoms with Gasteiger partial charge in [-0.2, -0.15) is 0 Å². The highest BCUT2D eigenvalue weighted by atomic mass is 16.4. The highest BCUT2D eigenvalue weighted by Crippen LogP contribution is 2.14. The van der Waals surface area contributed by atoms with Crippen molar-refractivity contribution in [1.82, 2.24) is 4.90 Å². The van der Waals surface area contributed by atoms with Crippen molar-refractivity contribution in [1.29, 1.82) is 0 Å². The molecule has 0 heterocycles. The molecular weight excluding hydrogens is 394 g/mol. The van der Waals surface area contributed by atoms with Crippen molar-refractivity contribution in [2.24, 2.45) is 5.92 Å². The third-order valence-corrected chi connectivity index (χ3v) is 5.38. The summed E-state index contributed by atoms with van der Waals surface area (Å²) in [7, 11) is 0. The Morgan fingerprint density at radius 2 is 1.26 bits per heavy atom. The fourth-order valence-electron chi connectivity index (χ4n) is 3.66. The van der Waals surface area contributed by atoms with E-state index in [4.69, 9.17) is 0 Å². The average Bonchev–Trinajstić information content (AvgIpc) is 2.69. The summed E-state index contributed by atoms with van der Waals surface area (Å²) in [6.45, 7) is 5.52. The first kappa shape index (κ1) is 29.6. The van der Waals surface area contributed by atoms with Gasteiger partial charge in [0, 0.05) is 19.5 Å². The first-order valence-corrected chi connectivity index (χ1v) is 12.3. The Kier molecular flexibility index (Phi) is 18.4. The van der Waals surface area contributed by atoms with Crippen LogP contribution in [0.25, 0.3) is 0 Å². The Bertz CT molecular complexity index is 480. The summed E-state index contributed by atoms with van der Waals surface area (Å²) in [5.41, 5.74) is 0. The van der Waals surface area contributed by atoms with Crippen molar-refractivity contribution in [2.75, 3.05) is 13.1 Å². The Morgan fingerprint density at radius 1 is 0.806 bits per heavy atom. The number of nitrogens with zero attached hydrogens (tertiary/aromatic N) is 1. The van der Waals surface area contributed by atoms with Gasteiger partial charge < -0.3 is 20.2 Å². The molecule has 3 atom stereocenters. The number of aliphatic carboxylic acids is 1. The number of carbonyl (C=O) groups is 2. The summed E-state index contributed by atoms with van der Waals surface area (Å²) in [5, 5.41) is 28.6. The molecule has 0 aliphatic heterocycles. The minimum atomic E-state index is -1.03. The van der Waals surface area contributed by atoms with Crippen LogP contribution < -0.4 is 0 Å². The molecule has 31 heavy (non-hydrogen) atoms. The zero-order chi connectivity index (χ0) is 23.5. The maximum atomic E-state index is 12.5. The van der Waals surface area contributed by atoms with Gasteiger partial charge in [0.25, 0.3) is 0 Å². The Morgan fingerprint density at radius 3 is 1.68 bits per heavy atom. The monoisotopic (exact) mass is 441 g/mol. The van der Waals surface area contributed by atoms with Crippen LogP contribution >= 0.6 is 0 Å². The number of aliphatic hydroxyl groups is 2. The number of carboxylic acids is 1. The third kappa shape index (κ3) is 17.9. The molecule has 0 saturated heterocycles. The normalized spacial score (nSPS) is 14.5. The molecule has 0 aromatic carbocycles. The molecule has 0 aromatic heterocycles. The fourth-order valence-corrected chi connectivity index (χ4v) is 3.66. The number of hydrogen-bond acceptors (Lipinski definition) is 4. The first-order chi connectivity index (χ1) is 14.8. The van der Waals surface area contributed by atoms with E-state index in [0.29, 0.717) is 0 Å². The molecule has 0 radical (unpaired) electrons. The summed E-state index contributed by atoms with van der Waals surface area (Å²) in [4.78, 5) is 25.3. The van der Waals surface area contributed by atoms with E-state index in [1.165, 1.54) is 62.7 Å². The van der Waals surface area contributed by atoms with Crippen LogP contribution in [0.2, 0.25) is 0 Å². The molecule has 0 bridgehead atoms. The predicted octanol–water partition coefficient (Wildman–Crippen LogP) is 4.92. The molecule has 182 valence electrons. The molecule has 0 spiro atoms. The highest BCUT2D eigenvalue weighted by molar-refractivity contribution is 5.83. The van der Waals surface area contributed by atoms with Crippen molar-refractivity contribution in [3.05, 3.63) is 12.2 Å². The second-order valence-corrected chi connectivity index (χ2v) is 8.90. The summed E-state index contributed by atoms with van der Waals surface area (Å²) in [5.74, 6) is -2.28. The van der Waals surface area contributed by atoms with E-state index in [1.54, 1.807) is 19.9 Å². The molecule has 6 heteroatoms. The van der Waals surface area contributed by atoms with E-state index < -0.39 is 24.1 Å². The van der Waals surface area contributed by atoms with Crippen LogP contribution in [0.5, 0.6) is 0 Å². The molecule has 0 aromatic rings. The molecule has 6 nitrogen and oxygen atoms in total. The van der Waals surface area contributed by atoms with E-state index in [0.717, 1.165) is 19.3 Å². The number of hydrogen-bond donors (Lipinski definition) is 3. The van der Waals surface area contributed by atoms with Crippen molar-refractivity contribution in [3.63, 3.8) is 0 Å². The van der Waals surface area contributed by atoms with Crippen LogP contribution in [0, 0.1) is 5.92 Å². The van der Waals surface area contributed by atoms with E-state index >= 15 is 0 Å². The number of carbonyl (C=O) groups excluding carboxylic acids is 1. The average molecular weight is 442 g/mol. The molecule has 0 fully saturated rings. The zero-order valence-electron chi connectivity index (χ0n) is 20.1. The van der Waals surface area contributed by atoms with Gasteiger partial charge in [-0.15, -0.1) is 0 Å². The van der Waals surface area contributed by atoms with Gasteiger partial charge in [-0.05, 0) is 26.7 Å². The minimum Gasteiger partial charge on any atom is -0.481 e. The predicted molar refractivity (Wildman–Crippen MR) is 126 cm³/mol. The molecule has 0 aliphatic rings. The van der Waals surface area contributed by atoms with Gasteiger partial charge in [0.05, 0.1) is 18.1 Å². The van der Waals surface area contributed by atoms with Crippen LogP contribution in [0.3, 0.4) is 0 Å². The maximum absolute atomic E-state index is 12.5. The number of allylic oxidation sites excluding steroid dienone is 1. The lowest BCUT2D eigenvalue weighted by molar-refractivity contribution is -0.144. The number of amides is 1. The fraction of sp³-hybridized carbons (Fsp3) is 0.840. The van der Waals surface area contributed by atoms with Gasteiger partial charge >= 0.3 is 5.97 Å². The Balaban J connectivity index is 4.12. The van der Waals surface area contributed by atoms with E-state index in [-0.39, 0.29) is 25.4 Å².